The molecule has 0 aromatic heterocycles. The molecule has 0 bridgehead atoms. The largest absolute Gasteiger partial charge is 0.303 e. The fourth-order valence-electron chi connectivity index (χ4n) is 4.54. The van der Waals surface area contributed by atoms with Crippen molar-refractivity contribution in [3.63, 3.8) is 0 Å². The predicted octanol–water partition coefficient (Wildman–Crippen LogP) is 5.16. The summed E-state index contributed by atoms with van der Waals surface area (Å²) in [6.45, 7) is 0. The Hall–Kier alpha value is -2.25. The number of nitrogens with one attached hydrogen (secondary N) is 2. The summed E-state index contributed by atoms with van der Waals surface area (Å²) in [6.07, 6.45) is 0. The number of hydrazine groups is 1. The number of hydrogen-bond donors (Lipinski definition) is 2. The molecule has 2 fully saturated rings. The standard InChI is InChI=1S/C23H18BrClFN3O/c24-15-6-4-13(5-7-15)20-19-21(28-27-20)23(30)29(18-10-8-16(25)9-11-18)22(19)14-2-1-3-17(26)12-14/h1-12,19-22,27-28H. The summed E-state index contributed by atoms with van der Waals surface area (Å²) in [6, 6.07) is 20.8. The number of fused-ring (bicyclic) bond motifs is 1. The van der Waals surface area contributed by atoms with Crippen molar-refractivity contribution in [2.24, 2.45) is 5.92 Å². The topological polar surface area (TPSA) is 44.4 Å². The van der Waals surface area contributed by atoms with Gasteiger partial charge in [0.25, 0.3) is 0 Å². The van der Waals surface area contributed by atoms with E-state index in [1.807, 2.05) is 42.5 Å². The van der Waals surface area contributed by atoms with Gasteiger partial charge < -0.3 is 4.90 Å². The highest BCUT2D eigenvalue weighted by atomic mass is 79.9. The molecule has 0 saturated carbocycles. The Morgan fingerprint density at radius 2 is 1.60 bits per heavy atom. The van der Waals surface area contributed by atoms with Crippen molar-refractivity contribution in [3.8, 4) is 0 Å². The summed E-state index contributed by atoms with van der Waals surface area (Å²) >= 11 is 9.53. The first-order valence-electron chi connectivity index (χ1n) is 9.63. The van der Waals surface area contributed by atoms with Gasteiger partial charge in [-0.05, 0) is 59.7 Å². The Morgan fingerprint density at radius 1 is 0.900 bits per heavy atom. The lowest BCUT2D eigenvalue weighted by Gasteiger charge is -2.31. The predicted molar refractivity (Wildman–Crippen MR) is 119 cm³/mol. The Bertz CT molecular complexity index is 1090. The van der Waals surface area contributed by atoms with Gasteiger partial charge in [0, 0.05) is 21.1 Å². The third-order valence-corrected chi connectivity index (χ3v) is 6.62. The maximum atomic E-state index is 14.2. The van der Waals surface area contributed by atoms with Gasteiger partial charge in [-0.2, -0.15) is 0 Å². The van der Waals surface area contributed by atoms with Crippen LogP contribution in [0.2, 0.25) is 5.02 Å². The van der Waals surface area contributed by atoms with Crippen molar-refractivity contribution in [1.82, 2.24) is 10.9 Å². The average Bonchev–Trinajstić information content (AvgIpc) is 3.28. The zero-order chi connectivity index (χ0) is 20.8. The Kier molecular flexibility index (Phi) is 5.11. The lowest BCUT2D eigenvalue weighted by atomic mass is 9.83. The molecule has 5 rings (SSSR count). The number of hydrogen-bond acceptors (Lipinski definition) is 3. The second-order valence-corrected chi connectivity index (χ2v) is 8.91. The molecule has 4 nitrogen and oxygen atoms in total. The van der Waals surface area contributed by atoms with Gasteiger partial charge >= 0.3 is 0 Å². The van der Waals surface area contributed by atoms with Crippen LogP contribution >= 0.6 is 27.5 Å². The van der Waals surface area contributed by atoms with Crippen LogP contribution in [0.15, 0.2) is 77.3 Å². The molecule has 0 radical (unpaired) electrons. The van der Waals surface area contributed by atoms with Crippen LogP contribution in [-0.2, 0) is 4.79 Å². The minimum atomic E-state index is -0.428. The fourth-order valence-corrected chi connectivity index (χ4v) is 4.93. The molecule has 2 aliphatic rings. The van der Waals surface area contributed by atoms with Gasteiger partial charge in [0.05, 0.1) is 12.1 Å². The Balaban J connectivity index is 1.63. The molecular formula is C23H18BrClFN3O. The molecule has 7 heteroatoms. The molecule has 4 atom stereocenters. The van der Waals surface area contributed by atoms with Crippen molar-refractivity contribution >= 4 is 39.1 Å². The lowest BCUT2D eigenvalue weighted by molar-refractivity contribution is -0.119. The van der Waals surface area contributed by atoms with Crippen LogP contribution in [0.1, 0.15) is 23.2 Å². The SMILES string of the molecule is O=C1C2NNC(c3ccc(Br)cc3)C2C(c2cccc(F)c2)N1c1ccc(Cl)cc1. The van der Waals surface area contributed by atoms with Crippen molar-refractivity contribution < 1.29 is 9.18 Å². The van der Waals surface area contributed by atoms with Gasteiger partial charge in [0.2, 0.25) is 5.91 Å². The van der Waals surface area contributed by atoms with E-state index in [9.17, 15) is 9.18 Å². The van der Waals surface area contributed by atoms with Gasteiger partial charge in [-0.3, -0.25) is 4.79 Å². The molecular weight excluding hydrogens is 469 g/mol. The van der Waals surface area contributed by atoms with Crippen molar-refractivity contribution in [2.45, 2.75) is 18.1 Å². The number of halogens is 3. The summed E-state index contributed by atoms with van der Waals surface area (Å²) < 4.78 is 15.1. The number of carbonyl (C=O) groups is 1. The van der Waals surface area contributed by atoms with Crippen LogP contribution in [0.3, 0.4) is 0 Å². The normalized spacial score (nSPS) is 25.6. The van der Waals surface area contributed by atoms with E-state index < -0.39 is 6.04 Å². The highest BCUT2D eigenvalue weighted by Gasteiger charge is 2.56. The van der Waals surface area contributed by atoms with E-state index in [-0.39, 0.29) is 29.7 Å². The lowest BCUT2D eigenvalue weighted by Crippen LogP contribution is -2.41. The maximum absolute atomic E-state index is 14.2. The van der Waals surface area contributed by atoms with Gasteiger partial charge in [-0.25, -0.2) is 15.2 Å². The van der Waals surface area contributed by atoms with Crippen LogP contribution in [0.5, 0.6) is 0 Å². The van der Waals surface area contributed by atoms with E-state index in [1.165, 1.54) is 12.1 Å². The van der Waals surface area contributed by atoms with E-state index >= 15 is 0 Å². The molecule has 2 N–H and O–H groups in total. The van der Waals surface area contributed by atoms with Crippen LogP contribution in [-0.4, -0.2) is 11.9 Å². The summed E-state index contributed by atoms with van der Waals surface area (Å²) in [4.78, 5) is 15.2. The van der Waals surface area contributed by atoms with E-state index in [0.29, 0.717) is 5.02 Å². The first-order chi connectivity index (χ1) is 14.5. The minimum Gasteiger partial charge on any atom is -0.303 e. The van der Waals surface area contributed by atoms with Gasteiger partial charge in [0.1, 0.15) is 11.9 Å². The molecule has 152 valence electrons. The third kappa shape index (κ3) is 3.34. The number of rotatable bonds is 3. The molecule has 2 aliphatic heterocycles. The Labute approximate surface area is 187 Å². The number of nitrogens with zero attached hydrogens (tertiary/aromatic N) is 1. The maximum Gasteiger partial charge on any atom is 0.246 e. The average molecular weight is 487 g/mol. The monoisotopic (exact) mass is 485 g/mol. The van der Waals surface area contributed by atoms with E-state index in [1.54, 1.807) is 23.1 Å². The van der Waals surface area contributed by atoms with E-state index in [2.05, 4.69) is 26.8 Å². The van der Waals surface area contributed by atoms with Crippen molar-refractivity contribution in [1.29, 1.82) is 0 Å². The molecule has 4 unspecified atom stereocenters. The second-order valence-electron chi connectivity index (χ2n) is 7.56. The number of benzene rings is 3. The summed E-state index contributed by atoms with van der Waals surface area (Å²) in [5.74, 6) is -0.501. The van der Waals surface area contributed by atoms with Crippen molar-refractivity contribution in [2.75, 3.05) is 4.90 Å². The summed E-state index contributed by atoms with van der Waals surface area (Å²) in [5, 5.41) is 0.598. The van der Waals surface area contributed by atoms with E-state index in [4.69, 9.17) is 11.6 Å². The first kappa shape index (κ1) is 19.7. The molecule has 2 heterocycles. The number of anilines is 1. The second kappa shape index (κ2) is 7.78. The molecule has 30 heavy (non-hydrogen) atoms. The van der Waals surface area contributed by atoms with Gasteiger partial charge in [-0.1, -0.05) is 51.8 Å². The highest BCUT2D eigenvalue weighted by Crippen LogP contribution is 2.49. The van der Waals surface area contributed by atoms with Crippen LogP contribution in [0.25, 0.3) is 0 Å². The number of amides is 1. The van der Waals surface area contributed by atoms with E-state index in [0.717, 1.165) is 21.3 Å². The zero-order valence-corrected chi connectivity index (χ0v) is 18.1. The van der Waals surface area contributed by atoms with Crippen LogP contribution in [0, 0.1) is 11.7 Å². The third-order valence-electron chi connectivity index (χ3n) is 5.83. The summed E-state index contributed by atoms with van der Waals surface area (Å²) in [7, 11) is 0. The fraction of sp³-hybridized carbons (Fsp3) is 0.174. The Morgan fingerprint density at radius 3 is 2.30 bits per heavy atom. The van der Waals surface area contributed by atoms with Gasteiger partial charge in [0.15, 0.2) is 0 Å². The minimum absolute atomic E-state index is 0.0521. The first-order valence-corrected chi connectivity index (χ1v) is 10.8. The molecule has 1 amide bonds. The van der Waals surface area contributed by atoms with Crippen molar-refractivity contribution in [3.05, 3.63) is 99.2 Å². The molecule has 0 aliphatic carbocycles. The smallest absolute Gasteiger partial charge is 0.246 e. The van der Waals surface area contributed by atoms with Gasteiger partial charge in [-0.15, -0.1) is 0 Å². The molecule has 0 spiro atoms. The highest BCUT2D eigenvalue weighted by molar-refractivity contribution is 9.10. The molecule has 2 saturated heterocycles. The summed E-state index contributed by atoms with van der Waals surface area (Å²) in [5.41, 5.74) is 9.04. The quantitative estimate of drug-likeness (QED) is 0.537. The molecule has 3 aromatic rings. The van der Waals surface area contributed by atoms with Crippen LogP contribution in [0.4, 0.5) is 10.1 Å². The number of carbonyl (C=O) groups excluding carboxylic acids is 1. The van der Waals surface area contributed by atoms with Crippen LogP contribution < -0.4 is 15.8 Å². The molecule has 3 aromatic carbocycles. The zero-order valence-electron chi connectivity index (χ0n) is 15.7.